The predicted molar refractivity (Wildman–Crippen MR) is 65.4 cm³/mol. The zero-order chi connectivity index (χ0) is 11.2. The minimum atomic E-state index is -0.246. The van der Waals surface area contributed by atoms with Gasteiger partial charge in [0.2, 0.25) is 0 Å². The van der Waals surface area contributed by atoms with Gasteiger partial charge in [-0.1, -0.05) is 27.5 Å². The fraction of sp³-hybridized carbons (Fsp3) is 0.455. The summed E-state index contributed by atoms with van der Waals surface area (Å²) in [6.07, 6.45) is 0.798. The first-order valence-corrected chi connectivity index (χ1v) is 6.00. The Hall–Kier alpha value is -0.250. The second kappa shape index (κ2) is 3.65. The predicted octanol–water partition coefficient (Wildman–Crippen LogP) is 3.66. The van der Waals surface area contributed by atoms with E-state index in [1.807, 2.05) is 26.0 Å². The molecule has 1 aliphatic heterocycles. The minimum Gasteiger partial charge on any atom is -0.486 e. The van der Waals surface area contributed by atoms with Crippen molar-refractivity contribution in [2.75, 3.05) is 0 Å². The van der Waals surface area contributed by atoms with Crippen LogP contribution in [-0.4, -0.2) is 5.60 Å². The Bertz CT molecular complexity index is 406. The van der Waals surface area contributed by atoms with Crippen molar-refractivity contribution in [3.63, 3.8) is 0 Å². The minimum absolute atomic E-state index is 0.0150. The van der Waals surface area contributed by atoms with Gasteiger partial charge in [-0.3, -0.25) is 0 Å². The summed E-state index contributed by atoms with van der Waals surface area (Å²) in [7, 11) is 0. The standard InChI is InChI=1S/C11H13BrClNO/c1-11(2)5-9(14)7-3-6(12)4-8(13)10(7)15-11/h3-4,9H,5,14H2,1-2H3. The van der Waals surface area contributed by atoms with E-state index in [9.17, 15) is 0 Å². The zero-order valence-corrected chi connectivity index (χ0v) is 11.0. The quantitative estimate of drug-likeness (QED) is 0.791. The molecule has 0 radical (unpaired) electrons. The lowest BCUT2D eigenvalue weighted by Crippen LogP contribution is -2.37. The van der Waals surface area contributed by atoms with Gasteiger partial charge in [0.25, 0.3) is 0 Å². The molecule has 2 nitrogen and oxygen atoms in total. The van der Waals surface area contributed by atoms with Crippen LogP contribution in [0, 0.1) is 0 Å². The van der Waals surface area contributed by atoms with Crippen molar-refractivity contribution in [1.82, 2.24) is 0 Å². The first-order valence-electron chi connectivity index (χ1n) is 4.82. The Balaban J connectivity index is 2.55. The molecule has 0 saturated carbocycles. The van der Waals surface area contributed by atoms with Crippen LogP contribution in [0.25, 0.3) is 0 Å². The van der Waals surface area contributed by atoms with Crippen LogP contribution in [0.2, 0.25) is 5.02 Å². The van der Waals surface area contributed by atoms with Gasteiger partial charge < -0.3 is 10.5 Å². The van der Waals surface area contributed by atoms with E-state index in [2.05, 4.69) is 15.9 Å². The van der Waals surface area contributed by atoms with E-state index in [-0.39, 0.29) is 11.6 Å². The summed E-state index contributed by atoms with van der Waals surface area (Å²) in [6.45, 7) is 4.04. The fourth-order valence-corrected chi connectivity index (χ4v) is 2.79. The molecule has 0 fully saturated rings. The van der Waals surface area contributed by atoms with Crippen LogP contribution < -0.4 is 10.5 Å². The zero-order valence-electron chi connectivity index (χ0n) is 8.68. The number of hydrogen-bond acceptors (Lipinski definition) is 2. The fourth-order valence-electron chi connectivity index (χ4n) is 1.92. The molecule has 15 heavy (non-hydrogen) atoms. The number of nitrogens with two attached hydrogens (primary N) is 1. The van der Waals surface area contributed by atoms with Crippen LogP contribution in [0.4, 0.5) is 0 Å². The molecule has 0 amide bonds. The number of halogens is 2. The van der Waals surface area contributed by atoms with Gasteiger partial charge >= 0.3 is 0 Å². The molecule has 1 aliphatic rings. The Morgan fingerprint density at radius 1 is 1.53 bits per heavy atom. The maximum Gasteiger partial charge on any atom is 0.143 e. The maximum absolute atomic E-state index is 6.13. The normalized spacial score (nSPS) is 23.1. The van der Waals surface area contributed by atoms with Crippen molar-refractivity contribution in [1.29, 1.82) is 0 Å². The highest BCUT2D eigenvalue weighted by molar-refractivity contribution is 9.10. The van der Waals surface area contributed by atoms with E-state index in [1.54, 1.807) is 0 Å². The summed E-state index contributed by atoms with van der Waals surface area (Å²) in [6, 6.07) is 3.79. The van der Waals surface area contributed by atoms with E-state index in [0.717, 1.165) is 22.2 Å². The van der Waals surface area contributed by atoms with Gasteiger partial charge in [-0.05, 0) is 26.0 Å². The van der Waals surface area contributed by atoms with Gasteiger partial charge in [0.05, 0.1) is 5.02 Å². The van der Waals surface area contributed by atoms with E-state index < -0.39 is 0 Å². The lowest BCUT2D eigenvalue weighted by atomic mass is 9.90. The average molecular weight is 291 g/mol. The summed E-state index contributed by atoms with van der Waals surface area (Å²) < 4.78 is 6.78. The number of rotatable bonds is 0. The molecule has 1 atom stereocenters. The maximum atomic E-state index is 6.13. The van der Waals surface area contributed by atoms with Gasteiger partial charge in [0.15, 0.2) is 0 Å². The molecule has 1 unspecified atom stereocenters. The molecule has 0 bridgehead atoms. The third-order valence-corrected chi connectivity index (χ3v) is 3.27. The summed E-state index contributed by atoms with van der Waals surface area (Å²) in [5, 5.41) is 0.614. The largest absolute Gasteiger partial charge is 0.486 e. The van der Waals surface area contributed by atoms with Crippen molar-refractivity contribution >= 4 is 27.5 Å². The highest BCUT2D eigenvalue weighted by Crippen LogP contribution is 2.43. The Labute approximate surface area is 103 Å². The van der Waals surface area contributed by atoms with E-state index >= 15 is 0 Å². The summed E-state index contributed by atoms with van der Waals surface area (Å²) in [4.78, 5) is 0. The smallest absolute Gasteiger partial charge is 0.143 e. The molecule has 0 saturated heterocycles. The van der Waals surface area contributed by atoms with Crippen LogP contribution in [0.5, 0.6) is 5.75 Å². The molecular formula is C11H13BrClNO. The number of benzene rings is 1. The molecular weight excluding hydrogens is 277 g/mol. The second-order valence-corrected chi connectivity index (χ2v) is 5.80. The molecule has 2 rings (SSSR count). The van der Waals surface area contributed by atoms with Crippen molar-refractivity contribution < 1.29 is 4.74 Å². The molecule has 1 heterocycles. The molecule has 4 heteroatoms. The van der Waals surface area contributed by atoms with Gasteiger partial charge in [-0.25, -0.2) is 0 Å². The van der Waals surface area contributed by atoms with Crippen LogP contribution in [0.15, 0.2) is 16.6 Å². The lowest BCUT2D eigenvalue weighted by molar-refractivity contribution is 0.0730. The Morgan fingerprint density at radius 3 is 2.87 bits per heavy atom. The van der Waals surface area contributed by atoms with Gasteiger partial charge in [0.1, 0.15) is 11.4 Å². The van der Waals surface area contributed by atoms with E-state index in [0.29, 0.717) is 5.02 Å². The summed E-state index contributed by atoms with van der Waals surface area (Å²) in [5.41, 5.74) is 6.83. The van der Waals surface area contributed by atoms with E-state index in [4.69, 9.17) is 22.1 Å². The summed E-state index contributed by atoms with van der Waals surface area (Å²) in [5.74, 6) is 0.726. The summed E-state index contributed by atoms with van der Waals surface area (Å²) >= 11 is 9.53. The first-order chi connectivity index (χ1) is 6.89. The molecule has 1 aromatic carbocycles. The molecule has 0 spiro atoms. The van der Waals surface area contributed by atoms with Crippen LogP contribution in [0.1, 0.15) is 31.9 Å². The lowest BCUT2D eigenvalue weighted by Gasteiger charge is -2.36. The topological polar surface area (TPSA) is 35.2 Å². The van der Waals surface area contributed by atoms with Crippen LogP contribution in [-0.2, 0) is 0 Å². The molecule has 1 aromatic rings. The van der Waals surface area contributed by atoms with Crippen molar-refractivity contribution in [2.24, 2.45) is 5.73 Å². The van der Waals surface area contributed by atoms with Crippen molar-refractivity contribution in [3.05, 3.63) is 27.2 Å². The number of ether oxygens (including phenoxy) is 1. The third-order valence-electron chi connectivity index (χ3n) is 2.53. The molecule has 82 valence electrons. The second-order valence-electron chi connectivity index (χ2n) is 4.48. The SMILES string of the molecule is CC1(C)CC(N)c2cc(Br)cc(Cl)c2O1. The first kappa shape index (κ1) is 11.2. The van der Waals surface area contributed by atoms with Gasteiger partial charge in [-0.2, -0.15) is 0 Å². The number of hydrogen-bond donors (Lipinski definition) is 1. The highest BCUT2D eigenvalue weighted by atomic mass is 79.9. The van der Waals surface area contributed by atoms with Crippen molar-refractivity contribution in [3.8, 4) is 5.75 Å². The molecule has 0 aromatic heterocycles. The van der Waals surface area contributed by atoms with Crippen LogP contribution in [0.3, 0.4) is 0 Å². The number of fused-ring (bicyclic) bond motifs is 1. The Morgan fingerprint density at radius 2 is 2.20 bits per heavy atom. The van der Waals surface area contributed by atoms with Crippen molar-refractivity contribution in [2.45, 2.75) is 31.9 Å². The van der Waals surface area contributed by atoms with Gasteiger partial charge in [0, 0.05) is 22.5 Å². The highest BCUT2D eigenvalue weighted by Gasteiger charge is 2.33. The van der Waals surface area contributed by atoms with Gasteiger partial charge in [-0.15, -0.1) is 0 Å². The third kappa shape index (κ3) is 2.14. The Kier molecular flexibility index (Phi) is 2.73. The van der Waals surface area contributed by atoms with Crippen LogP contribution >= 0.6 is 27.5 Å². The average Bonchev–Trinajstić information content (AvgIpc) is 2.06. The molecule has 2 N–H and O–H groups in total. The molecule has 0 aliphatic carbocycles. The monoisotopic (exact) mass is 289 g/mol. The van der Waals surface area contributed by atoms with E-state index in [1.165, 1.54) is 0 Å².